The fraction of sp³-hybridized carbons (Fsp3) is 0.350. The van der Waals surface area contributed by atoms with Crippen molar-refractivity contribution in [3.8, 4) is 11.4 Å². The highest BCUT2D eigenvalue weighted by molar-refractivity contribution is 5.41. The minimum atomic E-state index is -0.166. The third-order valence-corrected chi connectivity index (χ3v) is 4.48. The molecule has 3 aromatic rings. The zero-order valence-corrected chi connectivity index (χ0v) is 16.9. The van der Waals surface area contributed by atoms with Crippen LogP contribution < -0.4 is 20.9 Å². The molecule has 3 aromatic heterocycles. The Morgan fingerprint density at radius 3 is 2.60 bits per heavy atom. The number of aliphatic hydroxyl groups excluding tert-OH is 1. The highest BCUT2D eigenvalue weighted by atomic mass is 16.5. The van der Waals surface area contributed by atoms with Crippen LogP contribution in [0.25, 0.3) is 5.69 Å². The second-order valence-corrected chi connectivity index (χ2v) is 6.74. The smallest absolute Gasteiger partial charge is 0.255 e. The lowest BCUT2D eigenvalue weighted by molar-refractivity contribution is 0.263. The maximum atomic E-state index is 12.1. The molecule has 3 N–H and O–H groups in total. The molecule has 0 aliphatic rings. The summed E-state index contributed by atoms with van der Waals surface area (Å²) < 4.78 is 6.65. The lowest BCUT2D eigenvalue weighted by Gasteiger charge is -2.17. The number of nitrogens with one attached hydrogen (secondary N) is 2. The van der Waals surface area contributed by atoms with Crippen LogP contribution in [0.3, 0.4) is 0 Å². The van der Waals surface area contributed by atoms with E-state index in [0.717, 1.165) is 5.69 Å². The highest BCUT2D eigenvalue weighted by Gasteiger charge is 2.10. The molecular formula is C20H25N7O3. The Morgan fingerprint density at radius 1 is 1.10 bits per heavy atom. The van der Waals surface area contributed by atoms with Crippen LogP contribution in [0.5, 0.6) is 5.75 Å². The number of pyridine rings is 2. The van der Waals surface area contributed by atoms with Gasteiger partial charge in [-0.05, 0) is 37.5 Å². The van der Waals surface area contributed by atoms with Crippen LogP contribution in [0.4, 0.5) is 11.8 Å². The molecule has 10 heteroatoms. The van der Waals surface area contributed by atoms with E-state index in [-0.39, 0.29) is 18.1 Å². The van der Waals surface area contributed by atoms with Crippen molar-refractivity contribution in [2.75, 3.05) is 37.4 Å². The van der Waals surface area contributed by atoms with E-state index in [2.05, 4.69) is 30.8 Å². The number of aromatic nitrogens is 5. The maximum Gasteiger partial charge on any atom is 0.255 e. The Balaban J connectivity index is 1.59. The molecule has 3 rings (SSSR count). The lowest BCUT2D eigenvalue weighted by Crippen LogP contribution is -2.24. The predicted octanol–water partition coefficient (Wildman–Crippen LogP) is 1.26. The Bertz CT molecular complexity index is 991. The number of ether oxygens (including phenoxy) is 1. The quantitative estimate of drug-likeness (QED) is 0.452. The summed E-state index contributed by atoms with van der Waals surface area (Å²) in [6.07, 6.45) is 5.50. The predicted molar refractivity (Wildman–Crippen MR) is 113 cm³/mol. The van der Waals surface area contributed by atoms with Crippen LogP contribution in [0.1, 0.15) is 12.1 Å². The second-order valence-electron chi connectivity index (χ2n) is 6.74. The number of aryl methyl sites for hydroxylation is 1. The van der Waals surface area contributed by atoms with Gasteiger partial charge in [-0.25, -0.2) is 9.97 Å². The SMILES string of the molecule is COc1ccc(=O)n(-c2ccc(NCC(CCO)CNc3ncc(C)nn3)nc2)c1. The first kappa shape index (κ1) is 21.2. The summed E-state index contributed by atoms with van der Waals surface area (Å²) in [5, 5.41) is 23.7. The molecule has 0 saturated heterocycles. The summed E-state index contributed by atoms with van der Waals surface area (Å²) in [6.45, 7) is 3.07. The first-order valence-electron chi connectivity index (χ1n) is 9.57. The number of hydrogen-bond acceptors (Lipinski definition) is 9. The van der Waals surface area contributed by atoms with Gasteiger partial charge in [0.2, 0.25) is 5.95 Å². The molecule has 0 aliphatic carbocycles. The van der Waals surface area contributed by atoms with Gasteiger partial charge in [-0.2, -0.15) is 5.10 Å². The van der Waals surface area contributed by atoms with Crippen molar-refractivity contribution in [3.05, 3.63) is 58.9 Å². The van der Waals surface area contributed by atoms with Gasteiger partial charge in [-0.15, -0.1) is 5.10 Å². The van der Waals surface area contributed by atoms with E-state index in [1.54, 1.807) is 43.9 Å². The normalized spacial score (nSPS) is 11.7. The molecule has 1 atom stereocenters. The summed E-state index contributed by atoms with van der Waals surface area (Å²) in [5.41, 5.74) is 1.22. The second kappa shape index (κ2) is 10.3. The number of anilines is 2. The van der Waals surface area contributed by atoms with Gasteiger partial charge >= 0.3 is 0 Å². The summed E-state index contributed by atoms with van der Waals surface area (Å²) in [7, 11) is 1.55. The molecule has 0 bridgehead atoms. The topological polar surface area (TPSA) is 127 Å². The van der Waals surface area contributed by atoms with Crippen molar-refractivity contribution in [2.24, 2.45) is 5.92 Å². The third kappa shape index (κ3) is 5.74. The molecule has 0 fully saturated rings. The fourth-order valence-corrected chi connectivity index (χ4v) is 2.78. The molecule has 30 heavy (non-hydrogen) atoms. The Labute approximate surface area is 174 Å². The standard InChI is InChI=1S/C20H25N7O3/c1-14-9-23-20(26-25-14)24-11-15(7-8-28)10-21-18-5-3-16(12-22-18)27-13-17(30-2)4-6-19(27)29/h3-6,9,12-13,15,28H,7-8,10-11H2,1-2H3,(H,21,22)(H,23,24,26). The van der Waals surface area contributed by atoms with Gasteiger partial charge in [-0.1, -0.05) is 0 Å². The average Bonchev–Trinajstić information content (AvgIpc) is 2.77. The zero-order chi connectivity index (χ0) is 21.3. The number of nitrogens with zero attached hydrogens (tertiary/aromatic N) is 5. The van der Waals surface area contributed by atoms with E-state index < -0.39 is 0 Å². The Morgan fingerprint density at radius 2 is 1.93 bits per heavy atom. The molecule has 0 aromatic carbocycles. The van der Waals surface area contributed by atoms with E-state index in [4.69, 9.17) is 4.74 Å². The summed E-state index contributed by atoms with van der Waals surface area (Å²) in [4.78, 5) is 20.6. The van der Waals surface area contributed by atoms with Crippen LogP contribution in [-0.2, 0) is 0 Å². The van der Waals surface area contributed by atoms with Crippen molar-refractivity contribution < 1.29 is 9.84 Å². The average molecular weight is 411 g/mol. The van der Waals surface area contributed by atoms with Crippen molar-refractivity contribution >= 4 is 11.8 Å². The van der Waals surface area contributed by atoms with E-state index in [0.29, 0.717) is 42.7 Å². The fourth-order valence-electron chi connectivity index (χ4n) is 2.78. The molecule has 0 amide bonds. The van der Waals surface area contributed by atoms with E-state index >= 15 is 0 Å². The van der Waals surface area contributed by atoms with Gasteiger partial charge < -0.3 is 20.5 Å². The third-order valence-electron chi connectivity index (χ3n) is 4.48. The molecule has 3 heterocycles. The number of methoxy groups -OCH3 is 1. The summed E-state index contributed by atoms with van der Waals surface area (Å²) in [5.74, 6) is 1.84. The largest absolute Gasteiger partial charge is 0.495 e. The zero-order valence-electron chi connectivity index (χ0n) is 16.9. The van der Waals surface area contributed by atoms with Gasteiger partial charge in [0.05, 0.1) is 37.1 Å². The lowest BCUT2D eigenvalue weighted by atomic mass is 10.1. The van der Waals surface area contributed by atoms with Gasteiger partial charge in [0.1, 0.15) is 11.6 Å². The summed E-state index contributed by atoms with van der Waals surface area (Å²) >= 11 is 0. The first-order valence-corrected chi connectivity index (χ1v) is 9.57. The number of hydrogen-bond donors (Lipinski definition) is 3. The molecule has 0 spiro atoms. The van der Waals surface area contributed by atoms with Crippen LogP contribution >= 0.6 is 0 Å². The molecule has 0 aliphatic heterocycles. The van der Waals surface area contributed by atoms with Crippen molar-refractivity contribution in [3.63, 3.8) is 0 Å². The van der Waals surface area contributed by atoms with Crippen molar-refractivity contribution in [1.82, 2.24) is 24.7 Å². The van der Waals surface area contributed by atoms with E-state index in [1.165, 1.54) is 10.6 Å². The Kier molecular flexibility index (Phi) is 7.28. The van der Waals surface area contributed by atoms with Gasteiger partial charge in [0, 0.05) is 25.8 Å². The minimum Gasteiger partial charge on any atom is -0.495 e. The van der Waals surface area contributed by atoms with Gasteiger partial charge in [-0.3, -0.25) is 9.36 Å². The van der Waals surface area contributed by atoms with Gasteiger partial charge in [0.15, 0.2) is 0 Å². The van der Waals surface area contributed by atoms with E-state index in [1.807, 2.05) is 6.92 Å². The maximum absolute atomic E-state index is 12.1. The molecule has 0 radical (unpaired) electrons. The van der Waals surface area contributed by atoms with Crippen molar-refractivity contribution in [1.29, 1.82) is 0 Å². The van der Waals surface area contributed by atoms with Gasteiger partial charge in [0.25, 0.3) is 5.56 Å². The minimum absolute atomic E-state index is 0.0756. The number of aliphatic hydroxyl groups is 1. The summed E-state index contributed by atoms with van der Waals surface area (Å²) in [6, 6.07) is 6.68. The molecule has 10 nitrogen and oxygen atoms in total. The number of rotatable bonds is 10. The van der Waals surface area contributed by atoms with Crippen LogP contribution in [0.15, 0.2) is 47.7 Å². The molecule has 158 valence electrons. The molecular weight excluding hydrogens is 386 g/mol. The molecule has 0 saturated carbocycles. The molecule has 1 unspecified atom stereocenters. The van der Waals surface area contributed by atoms with E-state index in [9.17, 15) is 9.90 Å². The van der Waals surface area contributed by atoms with Crippen LogP contribution in [-0.4, -0.2) is 56.6 Å². The Hall–Kier alpha value is -3.53. The van der Waals surface area contributed by atoms with Crippen molar-refractivity contribution in [2.45, 2.75) is 13.3 Å². The van der Waals surface area contributed by atoms with Crippen LogP contribution in [0.2, 0.25) is 0 Å². The van der Waals surface area contributed by atoms with Crippen LogP contribution in [0, 0.1) is 12.8 Å². The monoisotopic (exact) mass is 411 g/mol. The first-order chi connectivity index (χ1) is 14.6. The highest BCUT2D eigenvalue weighted by Crippen LogP contribution is 2.13.